The molecule has 2 bridgehead atoms. The standard InChI is InChI=1S/C42H59ClN4O6S/c1-30-9-8-18-42(52-3,29-45-21-22-46-19-7-5-11-36(46)26-45)37-16-13-33(37)25-47-20-6-4-10-31-23-35(43)15-12-34(31)27-53-39-17-14-32(24-38(39)47)41(48)44-54(49,50)40(30)28-51-2/h8,12,14-15,17-18,23-24,30,33,36-37,40H,4-7,9-11,13,16,19-22,25-29H2,1-3H3,(H,44,48)/b18-8+/t30-,33-,36+,37+,40+,42+/m0/s1. The van der Waals surface area contributed by atoms with Gasteiger partial charge in [0.15, 0.2) is 0 Å². The predicted octanol–water partition coefficient (Wildman–Crippen LogP) is 6.31. The molecule has 0 spiro atoms. The van der Waals surface area contributed by atoms with Gasteiger partial charge in [0.25, 0.3) is 5.91 Å². The summed E-state index contributed by atoms with van der Waals surface area (Å²) in [4.78, 5) is 21.5. The number of piperazine rings is 1. The Bertz CT molecular complexity index is 1770. The Labute approximate surface area is 327 Å². The summed E-state index contributed by atoms with van der Waals surface area (Å²) < 4.78 is 49.0. The highest BCUT2D eigenvalue weighted by Gasteiger charge is 2.49. The van der Waals surface area contributed by atoms with Gasteiger partial charge >= 0.3 is 0 Å². The lowest BCUT2D eigenvalue weighted by atomic mass is 9.63. The number of benzene rings is 2. The van der Waals surface area contributed by atoms with E-state index in [1.165, 1.54) is 38.5 Å². The number of nitrogens with zero attached hydrogens (tertiary/aromatic N) is 3. The van der Waals surface area contributed by atoms with Gasteiger partial charge < -0.3 is 19.1 Å². The van der Waals surface area contributed by atoms with Crippen molar-refractivity contribution in [1.29, 1.82) is 0 Å². The van der Waals surface area contributed by atoms with E-state index >= 15 is 0 Å². The van der Waals surface area contributed by atoms with Gasteiger partial charge in [-0.15, -0.1) is 0 Å². The minimum absolute atomic E-state index is 0.0259. The van der Waals surface area contributed by atoms with Crippen LogP contribution >= 0.6 is 11.6 Å². The number of allylic oxidation sites excluding steroid dienone is 1. The Morgan fingerprint density at radius 3 is 2.61 bits per heavy atom. The molecule has 4 heterocycles. The van der Waals surface area contributed by atoms with Gasteiger partial charge in [-0.1, -0.05) is 43.2 Å². The lowest BCUT2D eigenvalue weighted by molar-refractivity contribution is -0.1000. The van der Waals surface area contributed by atoms with Crippen LogP contribution in [0.5, 0.6) is 5.75 Å². The molecule has 5 aliphatic rings. The molecule has 1 N–H and O–H groups in total. The van der Waals surface area contributed by atoms with Crippen LogP contribution < -0.4 is 14.4 Å². The number of fused-ring (bicyclic) bond motifs is 4. The van der Waals surface area contributed by atoms with E-state index in [1.54, 1.807) is 6.07 Å². The van der Waals surface area contributed by atoms with Gasteiger partial charge in [0.1, 0.15) is 23.2 Å². The van der Waals surface area contributed by atoms with Crippen LogP contribution in [0.2, 0.25) is 5.02 Å². The van der Waals surface area contributed by atoms with E-state index < -0.39 is 26.8 Å². The van der Waals surface area contributed by atoms with Crippen LogP contribution in [-0.4, -0.2) is 108 Å². The molecule has 3 fully saturated rings. The summed E-state index contributed by atoms with van der Waals surface area (Å²) in [6.07, 6.45) is 13.7. The number of carbonyl (C=O) groups excluding carboxylic acids is 1. The van der Waals surface area contributed by atoms with Crippen LogP contribution in [0, 0.1) is 17.8 Å². The van der Waals surface area contributed by atoms with Crippen LogP contribution in [0.15, 0.2) is 48.6 Å². The van der Waals surface area contributed by atoms with Crippen molar-refractivity contribution in [2.45, 2.75) is 88.2 Å². The summed E-state index contributed by atoms with van der Waals surface area (Å²) in [5, 5.41) is -0.208. The van der Waals surface area contributed by atoms with Crippen molar-refractivity contribution in [2.24, 2.45) is 17.8 Å². The maximum atomic E-state index is 13.9. The normalized spacial score (nSPS) is 31.7. The van der Waals surface area contributed by atoms with Crippen LogP contribution in [-0.2, 0) is 32.5 Å². The Morgan fingerprint density at radius 2 is 1.81 bits per heavy atom. The molecule has 12 heteroatoms. The number of hydrogen-bond acceptors (Lipinski definition) is 9. The molecule has 1 amide bonds. The number of anilines is 1. The molecule has 1 aliphatic carbocycles. The molecular formula is C42H59ClN4O6S. The van der Waals surface area contributed by atoms with E-state index in [1.807, 2.05) is 44.4 Å². The second kappa shape index (κ2) is 17.2. The van der Waals surface area contributed by atoms with Crippen molar-refractivity contribution >= 4 is 33.2 Å². The van der Waals surface area contributed by atoms with E-state index in [-0.39, 0.29) is 24.0 Å². The van der Waals surface area contributed by atoms with E-state index in [2.05, 4.69) is 31.6 Å². The quantitative estimate of drug-likeness (QED) is 0.350. The van der Waals surface area contributed by atoms with Crippen molar-refractivity contribution < 1.29 is 27.4 Å². The fourth-order valence-corrected chi connectivity index (χ4v) is 11.5. The van der Waals surface area contributed by atoms with Gasteiger partial charge in [-0.05, 0) is 117 Å². The molecule has 1 saturated carbocycles. The molecule has 2 aromatic rings. The number of sulfonamides is 1. The second-order valence-corrected chi connectivity index (χ2v) is 18.7. The van der Waals surface area contributed by atoms with Gasteiger partial charge in [0.2, 0.25) is 10.0 Å². The predicted molar refractivity (Wildman–Crippen MR) is 214 cm³/mol. The molecule has 54 heavy (non-hydrogen) atoms. The fourth-order valence-electron chi connectivity index (χ4n) is 9.71. The Hall–Kier alpha value is -2.67. The van der Waals surface area contributed by atoms with Crippen molar-refractivity contribution in [3.05, 3.63) is 70.3 Å². The number of ether oxygens (including phenoxy) is 3. The smallest absolute Gasteiger partial charge is 0.264 e. The number of hydrogen-bond donors (Lipinski definition) is 1. The van der Waals surface area contributed by atoms with E-state index in [0.29, 0.717) is 30.7 Å². The fraction of sp³-hybridized carbons (Fsp3) is 0.643. The lowest BCUT2D eigenvalue weighted by Crippen LogP contribution is -2.61. The molecule has 0 radical (unpaired) electrons. The number of carbonyl (C=O) groups is 1. The summed E-state index contributed by atoms with van der Waals surface area (Å²) in [5.74, 6) is 0.324. The van der Waals surface area contributed by atoms with Crippen LogP contribution in [0.1, 0.15) is 79.8 Å². The molecule has 7 rings (SSSR count). The number of aryl methyl sites for hydroxylation is 1. The first-order chi connectivity index (χ1) is 26.1. The molecule has 0 unspecified atom stereocenters. The summed E-state index contributed by atoms with van der Waals surface area (Å²) in [7, 11) is -0.734. The Morgan fingerprint density at radius 1 is 0.963 bits per heavy atom. The average Bonchev–Trinajstić information content (AvgIpc) is 3.17. The third-order valence-electron chi connectivity index (χ3n) is 13.0. The van der Waals surface area contributed by atoms with Crippen molar-refractivity contribution in [1.82, 2.24) is 14.5 Å². The van der Waals surface area contributed by atoms with Crippen molar-refractivity contribution in [2.75, 3.05) is 71.5 Å². The third-order valence-corrected chi connectivity index (χ3v) is 15.1. The first-order valence-corrected chi connectivity index (χ1v) is 22.0. The summed E-state index contributed by atoms with van der Waals surface area (Å²) in [6.45, 7) is 8.97. The number of amides is 1. The number of piperidine rings is 1. The van der Waals surface area contributed by atoms with E-state index in [4.69, 9.17) is 25.8 Å². The van der Waals surface area contributed by atoms with Crippen LogP contribution in [0.4, 0.5) is 5.69 Å². The maximum absolute atomic E-state index is 13.9. The molecule has 0 aromatic heterocycles. The van der Waals surface area contributed by atoms with Gasteiger partial charge in [-0.3, -0.25) is 14.6 Å². The molecule has 10 nitrogen and oxygen atoms in total. The number of methoxy groups -OCH3 is 2. The van der Waals surface area contributed by atoms with Crippen LogP contribution in [0.25, 0.3) is 0 Å². The first-order valence-electron chi connectivity index (χ1n) is 20.1. The summed E-state index contributed by atoms with van der Waals surface area (Å²) in [6, 6.07) is 11.9. The monoisotopic (exact) mass is 782 g/mol. The highest BCUT2D eigenvalue weighted by atomic mass is 35.5. The van der Waals surface area contributed by atoms with Gasteiger partial charge in [-0.25, -0.2) is 13.1 Å². The molecule has 2 aromatic carbocycles. The number of rotatable bonds is 5. The molecule has 296 valence electrons. The van der Waals surface area contributed by atoms with Crippen molar-refractivity contribution in [3.63, 3.8) is 0 Å². The topological polar surface area (TPSA) is 101 Å². The maximum Gasteiger partial charge on any atom is 0.264 e. The highest BCUT2D eigenvalue weighted by Crippen LogP contribution is 2.47. The molecular weight excluding hydrogens is 724 g/mol. The van der Waals surface area contributed by atoms with E-state index in [9.17, 15) is 13.2 Å². The first kappa shape index (κ1) is 39.6. The van der Waals surface area contributed by atoms with Crippen molar-refractivity contribution in [3.8, 4) is 5.75 Å². The third kappa shape index (κ3) is 8.66. The number of halogens is 1. The zero-order chi connectivity index (χ0) is 37.9. The second-order valence-electron chi connectivity index (χ2n) is 16.4. The minimum Gasteiger partial charge on any atom is -0.487 e. The molecule has 4 aliphatic heterocycles. The largest absolute Gasteiger partial charge is 0.487 e. The van der Waals surface area contributed by atoms with Gasteiger partial charge in [0, 0.05) is 70.1 Å². The summed E-state index contributed by atoms with van der Waals surface area (Å²) in [5.41, 5.74) is 2.83. The van der Waals surface area contributed by atoms with E-state index in [0.717, 1.165) is 87.6 Å². The highest BCUT2D eigenvalue weighted by molar-refractivity contribution is 7.90. The minimum atomic E-state index is -4.10. The average molecular weight is 783 g/mol. The van der Waals surface area contributed by atoms with Gasteiger partial charge in [-0.2, -0.15) is 0 Å². The zero-order valence-corrected chi connectivity index (χ0v) is 33.9. The number of nitrogens with one attached hydrogen (secondary N) is 1. The lowest BCUT2D eigenvalue weighted by Gasteiger charge is -2.53. The molecule has 6 atom stereocenters. The summed E-state index contributed by atoms with van der Waals surface area (Å²) >= 11 is 6.42. The SMILES string of the molecule is COC[C@@H]1[C@@H](C)C/C=C/[C@](CN2CCN3CCCC[C@@H]3C2)(OC)[C@@H]2CC[C@H]2CN2CCCCc3cc(Cl)ccc3COc3ccc(cc32)C(=O)NS1(=O)=O. The zero-order valence-electron chi connectivity index (χ0n) is 32.3. The van der Waals surface area contributed by atoms with Crippen LogP contribution in [0.3, 0.4) is 0 Å². The Balaban J connectivity index is 1.26. The Kier molecular flexibility index (Phi) is 12.6. The van der Waals surface area contributed by atoms with Gasteiger partial charge in [0.05, 0.1) is 12.3 Å². The molecule has 2 saturated heterocycles.